The Hall–Kier alpha value is -4.25. The maximum absolute atomic E-state index is 13.9. The molecule has 11 heteroatoms. The molecule has 2 heterocycles. The summed E-state index contributed by atoms with van der Waals surface area (Å²) in [6.07, 6.45) is 10.2. The molecule has 4 atom stereocenters. The number of carbonyl (C=O) groups excluding carboxylic acids is 5. The van der Waals surface area contributed by atoms with Crippen molar-refractivity contribution in [1.29, 1.82) is 0 Å². The first-order valence-corrected chi connectivity index (χ1v) is 18.1. The highest BCUT2D eigenvalue weighted by atomic mass is 16.2. The molecule has 49 heavy (non-hydrogen) atoms. The third-order valence-corrected chi connectivity index (χ3v) is 10.5. The van der Waals surface area contributed by atoms with Crippen molar-refractivity contribution in [2.45, 2.75) is 114 Å². The summed E-state index contributed by atoms with van der Waals surface area (Å²) in [7, 11) is 0. The van der Waals surface area contributed by atoms with E-state index in [0.717, 1.165) is 24.0 Å². The molecule has 0 spiro atoms. The lowest BCUT2D eigenvalue weighted by Gasteiger charge is -2.37. The third-order valence-electron chi connectivity index (χ3n) is 10.5. The number of amides is 5. The second-order valence-corrected chi connectivity index (χ2v) is 14.0. The van der Waals surface area contributed by atoms with Gasteiger partial charge >= 0.3 is 0 Å². The predicted molar refractivity (Wildman–Crippen MR) is 186 cm³/mol. The van der Waals surface area contributed by atoms with E-state index in [1.807, 2.05) is 60.7 Å². The molecule has 3 aliphatic rings. The number of benzene rings is 2. The van der Waals surface area contributed by atoms with Crippen LogP contribution in [0.4, 0.5) is 0 Å². The maximum Gasteiger partial charge on any atom is 0.243 e. The van der Waals surface area contributed by atoms with Gasteiger partial charge in [0.25, 0.3) is 0 Å². The van der Waals surface area contributed by atoms with Crippen molar-refractivity contribution in [3.05, 3.63) is 71.8 Å². The summed E-state index contributed by atoms with van der Waals surface area (Å²) < 4.78 is 0. The van der Waals surface area contributed by atoms with Gasteiger partial charge in [-0.3, -0.25) is 24.0 Å². The Morgan fingerprint density at radius 3 is 2.10 bits per heavy atom. The van der Waals surface area contributed by atoms with E-state index >= 15 is 0 Å². The van der Waals surface area contributed by atoms with Crippen molar-refractivity contribution in [1.82, 2.24) is 20.4 Å². The molecule has 1 aliphatic carbocycles. The molecule has 11 nitrogen and oxygen atoms in total. The van der Waals surface area contributed by atoms with E-state index in [4.69, 9.17) is 11.5 Å². The van der Waals surface area contributed by atoms with Crippen molar-refractivity contribution in [2.75, 3.05) is 13.1 Å². The molecule has 6 N–H and O–H groups in total. The Labute approximate surface area is 289 Å². The van der Waals surface area contributed by atoms with Gasteiger partial charge in [-0.25, -0.2) is 0 Å². The molecule has 2 saturated heterocycles. The summed E-state index contributed by atoms with van der Waals surface area (Å²) in [6, 6.07) is 15.4. The highest BCUT2D eigenvalue weighted by Gasteiger charge is 2.45. The summed E-state index contributed by atoms with van der Waals surface area (Å²) in [5, 5.41) is 5.91. The molecule has 2 aliphatic heterocycles. The number of nitrogens with zero attached hydrogens (tertiary/aromatic N) is 2. The van der Waals surface area contributed by atoms with Gasteiger partial charge in [0.1, 0.15) is 18.1 Å². The van der Waals surface area contributed by atoms with E-state index in [9.17, 15) is 24.0 Å². The van der Waals surface area contributed by atoms with Gasteiger partial charge in [-0.15, -0.1) is 0 Å². The Balaban J connectivity index is 1.23. The van der Waals surface area contributed by atoms with Gasteiger partial charge in [-0.1, -0.05) is 92.8 Å². The van der Waals surface area contributed by atoms with E-state index in [2.05, 4.69) is 10.6 Å². The first kappa shape index (κ1) is 36.0. The quantitative estimate of drug-likeness (QED) is 0.255. The van der Waals surface area contributed by atoms with Crippen molar-refractivity contribution >= 4 is 29.5 Å². The van der Waals surface area contributed by atoms with Gasteiger partial charge in [-0.2, -0.15) is 0 Å². The molecule has 1 saturated carbocycles. The summed E-state index contributed by atoms with van der Waals surface area (Å²) >= 11 is 0. The minimum atomic E-state index is -1.06. The van der Waals surface area contributed by atoms with Crippen LogP contribution < -0.4 is 22.1 Å². The third kappa shape index (κ3) is 9.68. The van der Waals surface area contributed by atoms with Crippen LogP contribution in [0.1, 0.15) is 101 Å². The van der Waals surface area contributed by atoms with Crippen molar-refractivity contribution in [2.24, 2.45) is 17.4 Å². The largest absolute Gasteiger partial charge is 0.370 e. The first-order valence-electron chi connectivity index (χ1n) is 18.1. The Kier molecular flexibility index (Phi) is 12.8. The van der Waals surface area contributed by atoms with Gasteiger partial charge in [0.2, 0.25) is 29.5 Å². The molecule has 3 fully saturated rings. The number of carbonyl (C=O) groups is 5. The van der Waals surface area contributed by atoms with Crippen LogP contribution in [0, 0.1) is 5.92 Å². The number of primary amides is 1. The van der Waals surface area contributed by atoms with Crippen molar-refractivity contribution in [3.63, 3.8) is 0 Å². The van der Waals surface area contributed by atoms with E-state index in [0.29, 0.717) is 38.1 Å². The van der Waals surface area contributed by atoms with E-state index < -0.39 is 41.9 Å². The lowest BCUT2D eigenvalue weighted by atomic mass is 9.86. The maximum atomic E-state index is 13.9. The molecule has 264 valence electrons. The lowest BCUT2D eigenvalue weighted by Crippen LogP contribution is -2.60. The molecular formula is C38H52N6O5. The topological polar surface area (TPSA) is 168 Å². The molecule has 2 aromatic carbocycles. The lowest BCUT2D eigenvalue weighted by molar-refractivity contribution is -0.145. The fourth-order valence-electron chi connectivity index (χ4n) is 7.78. The summed E-state index contributed by atoms with van der Waals surface area (Å²) in [5.74, 6) is -1.15. The van der Waals surface area contributed by atoms with Gasteiger partial charge in [0.15, 0.2) is 0 Å². The number of fused-ring (bicyclic) bond motifs is 1. The monoisotopic (exact) mass is 672 g/mol. The normalized spacial score (nSPS) is 22.2. The first-order chi connectivity index (χ1) is 23.7. The van der Waals surface area contributed by atoms with Crippen molar-refractivity contribution < 1.29 is 24.0 Å². The fraction of sp³-hybridized carbons (Fsp3) is 0.553. The standard InChI is InChI=1S/C38H52N6O5/c39-30-25-43(34(46)18-10-13-26-11-4-1-5-12-26)24-23-29-19-21-32(44(29)38(30)49)37(48)41-31(20-22-33(40)45)36(47)42-35(27-14-6-2-7-15-27)28-16-8-3-9-17-28/h2-3,6-9,14-17,26,29-32,35H,1,4-5,10-13,18-25,39H2,(H2,40,45)(H,41,48)(H,42,47)/t29-,30+,31+,32+/m1/s1. The van der Waals surface area contributed by atoms with Crippen LogP contribution in [-0.2, 0) is 24.0 Å². The van der Waals surface area contributed by atoms with Gasteiger partial charge in [0.05, 0.1) is 6.04 Å². The number of nitrogens with one attached hydrogen (secondary N) is 2. The molecule has 2 aromatic rings. The summed E-state index contributed by atoms with van der Waals surface area (Å²) in [5.41, 5.74) is 13.6. The van der Waals surface area contributed by atoms with Crippen LogP contribution in [0.2, 0.25) is 0 Å². The highest BCUT2D eigenvalue weighted by Crippen LogP contribution is 2.31. The fourth-order valence-corrected chi connectivity index (χ4v) is 7.78. The van der Waals surface area contributed by atoms with Crippen LogP contribution in [-0.4, -0.2) is 76.6 Å². The van der Waals surface area contributed by atoms with Gasteiger partial charge in [-0.05, 0) is 55.6 Å². The minimum absolute atomic E-state index is 0.00460. The molecule has 0 bridgehead atoms. The number of hydrogen-bond donors (Lipinski definition) is 4. The van der Waals surface area contributed by atoms with E-state index in [-0.39, 0.29) is 37.2 Å². The zero-order chi connectivity index (χ0) is 34.8. The Morgan fingerprint density at radius 2 is 1.47 bits per heavy atom. The molecule has 5 rings (SSSR count). The zero-order valence-corrected chi connectivity index (χ0v) is 28.4. The van der Waals surface area contributed by atoms with Crippen LogP contribution in [0.15, 0.2) is 60.7 Å². The number of rotatable bonds is 13. The highest BCUT2D eigenvalue weighted by molar-refractivity contribution is 5.94. The van der Waals surface area contributed by atoms with Gasteiger partial charge in [0, 0.05) is 32.0 Å². The zero-order valence-electron chi connectivity index (χ0n) is 28.4. The Bertz CT molecular complexity index is 1390. The SMILES string of the molecule is NC(=O)CC[C@H](NC(=O)[C@@H]1CC[C@@H]2CCN(C(=O)CCCC3CCCCC3)C[C@H](N)C(=O)N21)C(=O)NC(c1ccccc1)c1ccccc1. The minimum Gasteiger partial charge on any atom is -0.370 e. The van der Waals surface area contributed by atoms with E-state index in [1.165, 1.54) is 32.1 Å². The van der Waals surface area contributed by atoms with Crippen LogP contribution in [0.5, 0.6) is 0 Å². The average Bonchev–Trinajstić information content (AvgIpc) is 3.54. The molecule has 5 amide bonds. The smallest absolute Gasteiger partial charge is 0.243 e. The van der Waals surface area contributed by atoms with E-state index in [1.54, 1.807) is 9.80 Å². The number of hydrogen-bond acceptors (Lipinski definition) is 6. The molecule has 0 unspecified atom stereocenters. The van der Waals surface area contributed by atoms with Crippen LogP contribution in [0.25, 0.3) is 0 Å². The molecule has 0 radical (unpaired) electrons. The predicted octanol–water partition coefficient (Wildman–Crippen LogP) is 3.31. The summed E-state index contributed by atoms with van der Waals surface area (Å²) in [4.78, 5) is 69.6. The van der Waals surface area contributed by atoms with Gasteiger partial charge < -0.3 is 31.9 Å². The average molecular weight is 673 g/mol. The second-order valence-electron chi connectivity index (χ2n) is 14.0. The van der Waals surface area contributed by atoms with Crippen LogP contribution >= 0.6 is 0 Å². The molecule has 0 aromatic heterocycles. The Morgan fingerprint density at radius 1 is 0.816 bits per heavy atom. The van der Waals surface area contributed by atoms with Crippen molar-refractivity contribution in [3.8, 4) is 0 Å². The summed E-state index contributed by atoms with van der Waals surface area (Å²) in [6.45, 7) is 0.589. The second kappa shape index (κ2) is 17.4. The molecular weight excluding hydrogens is 620 g/mol. The van der Waals surface area contributed by atoms with Crippen LogP contribution in [0.3, 0.4) is 0 Å². The number of nitrogens with two attached hydrogens (primary N) is 2.